The first-order valence-corrected chi connectivity index (χ1v) is 5.68. The third-order valence-electron chi connectivity index (χ3n) is 2.75. The largest absolute Gasteiger partial charge is 0.317 e. The van der Waals surface area contributed by atoms with Crippen molar-refractivity contribution in [2.75, 3.05) is 7.05 Å². The van der Waals surface area contributed by atoms with Crippen LogP contribution in [0.25, 0.3) is 0 Å². The highest BCUT2D eigenvalue weighted by Gasteiger charge is 2.09. The van der Waals surface area contributed by atoms with Crippen molar-refractivity contribution in [1.82, 2.24) is 5.32 Å². The number of allylic oxidation sites excluding steroid dienone is 1. The lowest BCUT2D eigenvalue weighted by Crippen LogP contribution is -2.27. The highest BCUT2D eigenvalue weighted by molar-refractivity contribution is 5.18. The van der Waals surface area contributed by atoms with Gasteiger partial charge in [0, 0.05) is 6.04 Å². The van der Waals surface area contributed by atoms with E-state index in [1.54, 1.807) is 6.07 Å². The van der Waals surface area contributed by atoms with Crippen LogP contribution in [0.4, 0.5) is 4.39 Å². The molecule has 0 aliphatic heterocycles. The maximum Gasteiger partial charge on any atom is 0.126 e. The fourth-order valence-corrected chi connectivity index (χ4v) is 1.70. The van der Waals surface area contributed by atoms with Crippen molar-refractivity contribution in [1.29, 1.82) is 0 Å². The molecule has 0 bridgehead atoms. The third kappa shape index (κ3) is 4.15. The Balaban J connectivity index is 2.56. The second-order valence-electron chi connectivity index (χ2n) is 4.28. The Kier molecular flexibility index (Phi) is 5.20. The number of benzene rings is 1. The van der Waals surface area contributed by atoms with Gasteiger partial charge in [0.1, 0.15) is 5.82 Å². The van der Waals surface area contributed by atoms with Crippen LogP contribution < -0.4 is 5.32 Å². The average Bonchev–Trinajstić information content (AvgIpc) is 2.26. The topological polar surface area (TPSA) is 12.0 Å². The van der Waals surface area contributed by atoms with E-state index in [9.17, 15) is 4.39 Å². The molecule has 88 valence electrons. The molecule has 0 radical (unpaired) electrons. The van der Waals surface area contributed by atoms with E-state index < -0.39 is 0 Å². The van der Waals surface area contributed by atoms with Crippen molar-refractivity contribution in [2.45, 2.75) is 32.2 Å². The summed E-state index contributed by atoms with van der Waals surface area (Å²) in [6, 6.07) is 7.28. The van der Waals surface area contributed by atoms with Gasteiger partial charge in [0.2, 0.25) is 0 Å². The molecule has 0 heterocycles. The van der Waals surface area contributed by atoms with Crippen LogP contribution in [0.3, 0.4) is 0 Å². The molecule has 1 N–H and O–H groups in total. The zero-order valence-electron chi connectivity index (χ0n) is 10.1. The first kappa shape index (κ1) is 12.9. The first-order chi connectivity index (χ1) is 7.63. The quantitative estimate of drug-likeness (QED) is 0.727. The number of hydrogen-bond donors (Lipinski definition) is 1. The second-order valence-corrected chi connectivity index (χ2v) is 4.28. The summed E-state index contributed by atoms with van der Waals surface area (Å²) in [6.07, 6.45) is 2.72. The fraction of sp³-hybridized carbons (Fsp3) is 0.429. The predicted octanol–water partition coefficient (Wildman–Crippen LogP) is 3.31. The summed E-state index contributed by atoms with van der Waals surface area (Å²) >= 11 is 0. The normalized spacial score (nSPS) is 12.4. The Morgan fingerprint density at radius 2 is 2.12 bits per heavy atom. The van der Waals surface area contributed by atoms with Crippen molar-refractivity contribution in [3.8, 4) is 0 Å². The average molecular weight is 221 g/mol. The van der Waals surface area contributed by atoms with Crippen LogP contribution in [-0.4, -0.2) is 13.1 Å². The SMILES string of the molecule is C=C(C)CCC(Cc1ccccc1F)NC. The van der Waals surface area contributed by atoms with E-state index in [1.165, 1.54) is 11.6 Å². The van der Waals surface area contributed by atoms with Crippen molar-refractivity contribution >= 4 is 0 Å². The van der Waals surface area contributed by atoms with E-state index in [0.29, 0.717) is 6.04 Å². The summed E-state index contributed by atoms with van der Waals surface area (Å²) in [5.41, 5.74) is 1.96. The van der Waals surface area contributed by atoms with Gasteiger partial charge in [0.25, 0.3) is 0 Å². The minimum absolute atomic E-state index is 0.113. The molecule has 1 nitrogen and oxygen atoms in total. The van der Waals surface area contributed by atoms with Crippen LogP contribution in [0.1, 0.15) is 25.3 Å². The van der Waals surface area contributed by atoms with Crippen LogP contribution in [0.15, 0.2) is 36.4 Å². The molecule has 0 fully saturated rings. The molecule has 16 heavy (non-hydrogen) atoms. The summed E-state index contributed by atoms with van der Waals surface area (Å²) < 4.78 is 13.4. The lowest BCUT2D eigenvalue weighted by atomic mass is 10.00. The molecule has 1 rings (SSSR count). The number of nitrogens with one attached hydrogen (secondary N) is 1. The van der Waals surface area contributed by atoms with Gasteiger partial charge in [-0.05, 0) is 44.9 Å². The molecule has 1 unspecified atom stereocenters. The van der Waals surface area contributed by atoms with Crippen LogP contribution in [0.5, 0.6) is 0 Å². The molecule has 2 heteroatoms. The van der Waals surface area contributed by atoms with E-state index in [2.05, 4.69) is 11.9 Å². The van der Waals surface area contributed by atoms with Gasteiger partial charge in [-0.2, -0.15) is 0 Å². The highest BCUT2D eigenvalue weighted by Crippen LogP contribution is 2.13. The molecular weight excluding hydrogens is 201 g/mol. The van der Waals surface area contributed by atoms with Crippen molar-refractivity contribution in [3.63, 3.8) is 0 Å². The Morgan fingerprint density at radius 3 is 2.69 bits per heavy atom. The summed E-state index contributed by atoms with van der Waals surface area (Å²) in [5.74, 6) is -0.113. The van der Waals surface area contributed by atoms with Crippen molar-refractivity contribution in [3.05, 3.63) is 47.8 Å². The molecule has 0 aromatic heterocycles. The van der Waals surface area contributed by atoms with Gasteiger partial charge in [-0.25, -0.2) is 4.39 Å². The Bertz CT molecular complexity index is 346. The van der Waals surface area contributed by atoms with Crippen molar-refractivity contribution in [2.24, 2.45) is 0 Å². The van der Waals surface area contributed by atoms with E-state index in [1.807, 2.05) is 26.1 Å². The Morgan fingerprint density at radius 1 is 1.44 bits per heavy atom. The van der Waals surface area contributed by atoms with Gasteiger partial charge in [0.05, 0.1) is 0 Å². The molecule has 0 amide bonds. The van der Waals surface area contributed by atoms with E-state index in [-0.39, 0.29) is 5.82 Å². The number of hydrogen-bond acceptors (Lipinski definition) is 1. The molecule has 1 atom stereocenters. The molecule has 0 saturated carbocycles. The van der Waals surface area contributed by atoms with Crippen LogP contribution in [-0.2, 0) is 6.42 Å². The monoisotopic (exact) mass is 221 g/mol. The molecule has 1 aromatic rings. The van der Waals surface area contributed by atoms with Crippen molar-refractivity contribution < 1.29 is 4.39 Å². The Labute approximate surface area is 97.4 Å². The summed E-state index contributed by atoms with van der Waals surface area (Å²) in [5, 5.41) is 3.23. The number of rotatable bonds is 6. The lowest BCUT2D eigenvalue weighted by molar-refractivity contribution is 0.504. The molecule has 0 spiro atoms. The van der Waals surface area contributed by atoms with E-state index >= 15 is 0 Å². The van der Waals surface area contributed by atoms with E-state index in [0.717, 1.165) is 24.8 Å². The minimum Gasteiger partial charge on any atom is -0.317 e. The van der Waals surface area contributed by atoms with Crippen LogP contribution in [0.2, 0.25) is 0 Å². The van der Waals surface area contributed by atoms with Crippen LogP contribution in [0, 0.1) is 5.82 Å². The van der Waals surface area contributed by atoms with Gasteiger partial charge in [0.15, 0.2) is 0 Å². The smallest absolute Gasteiger partial charge is 0.126 e. The van der Waals surface area contributed by atoms with Gasteiger partial charge in [-0.15, -0.1) is 6.58 Å². The summed E-state index contributed by atoms with van der Waals surface area (Å²) in [6.45, 7) is 5.91. The lowest BCUT2D eigenvalue weighted by Gasteiger charge is -2.16. The molecule has 0 aliphatic rings. The van der Waals surface area contributed by atoms with Gasteiger partial charge in [-0.1, -0.05) is 23.8 Å². The zero-order valence-corrected chi connectivity index (χ0v) is 10.1. The maximum absolute atomic E-state index is 13.4. The van der Waals surface area contributed by atoms with E-state index in [4.69, 9.17) is 0 Å². The molecule has 0 saturated heterocycles. The molecular formula is C14H20FN. The predicted molar refractivity (Wildman–Crippen MR) is 67.0 cm³/mol. The fourth-order valence-electron chi connectivity index (χ4n) is 1.70. The highest BCUT2D eigenvalue weighted by atomic mass is 19.1. The maximum atomic E-state index is 13.4. The standard InChI is InChI=1S/C14H20FN/c1-11(2)8-9-13(16-3)10-12-6-4-5-7-14(12)15/h4-7,13,16H,1,8-10H2,2-3H3. The zero-order chi connectivity index (χ0) is 12.0. The third-order valence-corrected chi connectivity index (χ3v) is 2.75. The summed E-state index contributed by atoms with van der Waals surface area (Å²) in [7, 11) is 1.92. The minimum atomic E-state index is -0.113. The second kappa shape index (κ2) is 6.44. The van der Waals surface area contributed by atoms with Crippen LogP contribution >= 0.6 is 0 Å². The number of halogens is 1. The Hall–Kier alpha value is -1.15. The summed E-state index contributed by atoms with van der Waals surface area (Å²) in [4.78, 5) is 0. The number of likely N-dealkylation sites (N-methyl/N-ethyl adjacent to an activating group) is 1. The van der Waals surface area contributed by atoms with Gasteiger partial charge >= 0.3 is 0 Å². The molecule has 0 aliphatic carbocycles. The molecule has 1 aromatic carbocycles. The van der Waals surface area contributed by atoms with Gasteiger partial charge < -0.3 is 5.32 Å². The first-order valence-electron chi connectivity index (χ1n) is 5.68. The van der Waals surface area contributed by atoms with Gasteiger partial charge in [-0.3, -0.25) is 0 Å².